The summed E-state index contributed by atoms with van der Waals surface area (Å²) in [5.41, 5.74) is 2.41. The van der Waals surface area contributed by atoms with Gasteiger partial charge in [0.05, 0.1) is 29.4 Å². The first-order chi connectivity index (χ1) is 12.9. The fraction of sp³-hybridized carbons (Fsp3) is 0.286. The van der Waals surface area contributed by atoms with Crippen LogP contribution >= 0.6 is 31.9 Å². The van der Waals surface area contributed by atoms with Gasteiger partial charge in [0.25, 0.3) is 0 Å². The Morgan fingerprint density at radius 1 is 1.07 bits per heavy atom. The summed E-state index contributed by atoms with van der Waals surface area (Å²) in [5, 5.41) is 0. The van der Waals surface area contributed by atoms with Crippen molar-refractivity contribution in [1.29, 1.82) is 0 Å². The van der Waals surface area contributed by atoms with Crippen molar-refractivity contribution in [1.82, 2.24) is 0 Å². The Morgan fingerprint density at radius 2 is 1.74 bits per heavy atom. The molecule has 2 aromatic rings. The molecule has 144 valence electrons. The average molecular weight is 498 g/mol. The number of methoxy groups -OCH3 is 2. The van der Waals surface area contributed by atoms with Crippen molar-refractivity contribution < 1.29 is 19.0 Å². The minimum absolute atomic E-state index is 0.0746. The zero-order chi connectivity index (χ0) is 20.0. The lowest BCUT2D eigenvalue weighted by molar-refractivity contribution is 0.0987. The molecule has 2 atom stereocenters. The van der Waals surface area contributed by atoms with Crippen molar-refractivity contribution in [2.45, 2.75) is 16.6 Å². The van der Waals surface area contributed by atoms with Crippen LogP contribution in [0.1, 0.15) is 26.3 Å². The molecule has 0 radical (unpaired) electrons. The number of hydrogen-bond donors (Lipinski definition) is 0. The largest absolute Gasteiger partial charge is 0.493 e. The molecule has 0 fully saturated rings. The highest BCUT2D eigenvalue weighted by Crippen LogP contribution is 2.38. The van der Waals surface area contributed by atoms with Crippen LogP contribution in [-0.4, -0.2) is 31.4 Å². The molecular weight excluding hydrogens is 476 g/mol. The van der Waals surface area contributed by atoms with Crippen LogP contribution in [0.2, 0.25) is 0 Å². The molecule has 2 aromatic carbocycles. The van der Waals surface area contributed by atoms with Gasteiger partial charge < -0.3 is 14.2 Å². The van der Waals surface area contributed by atoms with Gasteiger partial charge >= 0.3 is 0 Å². The number of Topliss-reactive ketones (excluding diaryl/α,β-unsaturated/α-hetero) is 1. The number of halogens is 2. The van der Waals surface area contributed by atoms with Gasteiger partial charge in [0, 0.05) is 0 Å². The zero-order valence-electron chi connectivity index (χ0n) is 15.5. The standard InChI is InChI=1S/C21H22Br2O4/c1-5-10-27-16-8-6-13(2)11-15(16)21(24)20(23)19(22)14-7-9-17(25-3)18(12-14)26-4/h5-9,11-12,19-20H,1,10H2,2-4H3. The maximum absolute atomic E-state index is 13.1. The average Bonchev–Trinajstić information content (AvgIpc) is 2.70. The van der Waals surface area contributed by atoms with Crippen molar-refractivity contribution >= 4 is 37.6 Å². The van der Waals surface area contributed by atoms with Crippen LogP contribution in [0.3, 0.4) is 0 Å². The molecule has 0 spiro atoms. The number of aryl methyl sites for hydroxylation is 1. The number of benzene rings is 2. The molecule has 4 nitrogen and oxygen atoms in total. The summed E-state index contributed by atoms with van der Waals surface area (Å²) in [6.07, 6.45) is 1.65. The number of ether oxygens (including phenoxy) is 3. The van der Waals surface area contributed by atoms with Gasteiger partial charge in [-0.3, -0.25) is 4.79 Å². The van der Waals surface area contributed by atoms with Crippen molar-refractivity contribution in [3.05, 3.63) is 65.7 Å². The number of alkyl halides is 2. The normalized spacial score (nSPS) is 12.8. The maximum Gasteiger partial charge on any atom is 0.181 e. The lowest BCUT2D eigenvalue weighted by Gasteiger charge is -2.19. The zero-order valence-corrected chi connectivity index (χ0v) is 18.7. The molecule has 0 amide bonds. The topological polar surface area (TPSA) is 44.8 Å². The van der Waals surface area contributed by atoms with Crippen LogP contribution < -0.4 is 14.2 Å². The first kappa shape index (κ1) is 21.5. The van der Waals surface area contributed by atoms with Crippen LogP contribution in [0.5, 0.6) is 17.2 Å². The Balaban J connectivity index is 2.31. The minimum Gasteiger partial charge on any atom is -0.493 e. The molecule has 0 aromatic heterocycles. The van der Waals surface area contributed by atoms with E-state index in [2.05, 4.69) is 38.4 Å². The first-order valence-corrected chi connectivity index (χ1v) is 10.1. The number of carbonyl (C=O) groups is 1. The monoisotopic (exact) mass is 496 g/mol. The minimum atomic E-state index is -0.497. The SMILES string of the molecule is C=CCOc1ccc(C)cc1C(=O)C(Br)C(Br)c1ccc(OC)c(OC)c1. The van der Waals surface area contributed by atoms with Gasteiger partial charge in [-0.2, -0.15) is 0 Å². The van der Waals surface area contributed by atoms with E-state index in [1.807, 2.05) is 43.3 Å². The number of ketones is 1. The van der Waals surface area contributed by atoms with E-state index in [1.165, 1.54) is 0 Å². The highest BCUT2D eigenvalue weighted by atomic mass is 79.9. The third-order valence-corrected chi connectivity index (χ3v) is 6.70. The summed E-state index contributed by atoms with van der Waals surface area (Å²) in [4.78, 5) is 12.4. The Hall–Kier alpha value is -1.79. The van der Waals surface area contributed by atoms with Crippen LogP contribution in [0.15, 0.2) is 49.1 Å². The highest BCUT2D eigenvalue weighted by molar-refractivity contribution is 9.12. The van der Waals surface area contributed by atoms with Gasteiger partial charge in [0.15, 0.2) is 17.3 Å². The van der Waals surface area contributed by atoms with E-state index in [1.54, 1.807) is 20.3 Å². The van der Waals surface area contributed by atoms with Crippen molar-refractivity contribution in [2.24, 2.45) is 0 Å². The molecule has 0 aliphatic rings. The van der Waals surface area contributed by atoms with Crippen LogP contribution in [0, 0.1) is 6.92 Å². The Morgan fingerprint density at radius 3 is 2.37 bits per heavy atom. The van der Waals surface area contributed by atoms with Crippen molar-refractivity contribution in [3.63, 3.8) is 0 Å². The molecule has 0 bridgehead atoms. The lowest BCUT2D eigenvalue weighted by Crippen LogP contribution is -2.20. The smallest absolute Gasteiger partial charge is 0.181 e. The van der Waals surface area contributed by atoms with Gasteiger partial charge in [-0.15, -0.1) is 0 Å². The predicted molar refractivity (Wildman–Crippen MR) is 115 cm³/mol. The van der Waals surface area contributed by atoms with Gasteiger partial charge in [-0.1, -0.05) is 62.2 Å². The summed E-state index contributed by atoms with van der Waals surface area (Å²) in [5.74, 6) is 1.71. The van der Waals surface area contributed by atoms with Crippen molar-refractivity contribution in [2.75, 3.05) is 20.8 Å². The summed E-state index contributed by atoms with van der Waals surface area (Å²) in [6, 6.07) is 11.1. The van der Waals surface area contributed by atoms with E-state index in [4.69, 9.17) is 14.2 Å². The van der Waals surface area contributed by atoms with E-state index in [0.717, 1.165) is 11.1 Å². The van der Waals surface area contributed by atoms with Gasteiger partial charge in [-0.25, -0.2) is 0 Å². The third kappa shape index (κ3) is 5.14. The first-order valence-electron chi connectivity index (χ1n) is 8.31. The van der Waals surface area contributed by atoms with Gasteiger partial charge in [-0.05, 0) is 36.8 Å². The van der Waals surface area contributed by atoms with Crippen molar-refractivity contribution in [3.8, 4) is 17.2 Å². The van der Waals surface area contributed by atoms with E-state index < -0.39 is 4.83 Å². The Kier molecular flexibility index (Phi) is 7.92. The van der Waals surface area contributed by atoms with Crippen LogP contribution in [0.25, 0.3) is 0 Å². The van der Waals surface area contributed by atoms with Gasteiger partial charge in [0.2, 0.25) is 0 Å². The lowest BCUT2D eigenvalue weighted by atomic mass is 10.00. The summed E-state index contributed by atoms with van der Waals surface area (Å²) < 4.78 is 16.3. The van der Waals surface area contributed by atoms with Crippen LogP contribution in [-0.2, 0) is 0 Å². The number of carbonyl (C=O) groups excluding carboxylic acids is 1. The second-order valence-corrected chi connectivity index (χ2v) is 7.85. The molecule has 0 saturated heterocycles. The fourth-order valence-electron chi connectivity index (χ4n) is 2.59. The Labute approximate surface area is 176 Å². The second kappa shape index (κ2) is 9.95. The highest BCUT2D eigenvalue weighted by Gasteiger charge is 2.29. The van der Waals surface area contributed by atoms with Gasteiger partial charge in [0.1, 0.15) is 12.4 Å². The predicted octanol–water partition coefficient (Wildman–Crippen LogP) is 5.66. The summed E-state index contributed by atoms with van der Waals surface area (Å²) >= 11 is 7.18. The molecule has 0 heterocycles. The van der Waals surface area contributed by atoms with E-state index >= 15 is 0 Å². The molecular formula is C21H22Br2O4. The molecule has 2 rings (SSSR count). The Bertz CT molecular complexity index is 820. The van der Waals surface area contributed by atoms with E-state index in [-0.39, 0.29) is 10.6 Å². The maximum atomic E-state index is 13.1. The third-order valence-electron chi connectivity index (χ3n) is 3.99. The molecule has 0 aliphatic heterocycles. The van der Waals surface area contributed by atoms with E-state index in [9.17, 15) is 4.79 Å². The molecule has 0 aliphatic carbocycles. The number of hydrogen-bond acceptors (Lipinski definition) is 4. The quantitative estimate of drug-likeness (QED) is 0.255. The molecule has 0 N–H and O–H groups in total. The fourth-order valence-corrected chi connectivity index (χ4v) is 3.66. The second-order valence-electron chi connectivity index (χ2n) is 5.88. The molecule has 6 heteroatoms. The van der Waals surface area contributed by atoms with E-state index in [0.29, 0.717) is 29.4 Å². The number of rotatable bonds is 9. The molecule has 0 saturated carbocycles. The molecule has 27 heavy (non-hydrogen) atoms. The molecule has 2 unspecified atom stereocenters. The van der Waals surface area contributed by atoms with Crippen LogP contribution in [0.4, 0.5) is 0 Å². The summed E-state index contributed by atoms with van der Waals surface area (Å²) in [6.45, 7) is 5.93. The summed E-state index contributed by atoms with van der Waals surface area (Å²) in [7, 11) is 3.17.